The zero-order valence-electron chi connectivity index (χ0n) is 5.99. The van der Waals surface area contributed by atoms with Gasteiger partial charge < -0.3 is 0 Å². The van der Waals surface area contributed by atoms with E-state index in [0.29, 0.717) is 0 Å². The first-order valence-electron chi connectivity index (χ1n) is 2.85. The van der Waals surface area contributed by atoms with Gasteiger partial charge in [0.25, 0.3) is 0 Å². The molecule has 1 fully saturated rings. The number of halogens is 1. The van der Waals surface area contributed by atoms with E-state index in [-0.39, 0.29) is 9.81 Å². The molecule has 2 rings (SSSR count). The van der Waals surface area contributed by atoms with Crippen molar-refractivity contribution in [2.24, 2.45) is 5.16 Å². The number of rotatable bonds is 0. The van der Waals surface area contributed by atoms with Gasteiger partial charge in [0.15, 0.2) is 0 Å². The Morgan fingerprint density at radius 3 is 2.79 bits per heavy atom. The number of guanidine groups is 1. The van der Waals surface area contributed by atoms with E-state index in [2.05, 4.69) is 23.4 Å². The standard InChI is InChI=1S/C2ClN3O7S/c3-5-1-4-12-14(8,9)13-6(1)11-2(7)10-5. The Kier molecular flexibility index (Phi) is 1.80. The molecule has 0 atom stereocenters. The number of carbonyl (C=O) groups is 1. The predicted octanol–water partition coefficient (Wildman–Crippen LogP) is -0.781. The van der Waals surface area contributed by atoms with Crippen LogP contribution in [0.5, 0.6) is 0 Å². The van der Waals surface area contributed by atoms with E-state index in [4.69, 9.17) is 11.8 Å². The molecule has 0 aromatic heterocycles. The molecule has 10 nitrogen and oxygen atoms in total. The Labute approximate surface area is 81.4 Å². The van der Waals surface area contributed by atoms with Gasteiger partial charge in [0.05, 0.1) is 11.8 Å². The van der Waals surface area contributed by atoms with Gasteiger partial charge in [-0.05, 0) is 10.4 Å². The second-order valence-corrected chi connectivity index (χ2v) is 3.30. The van der Waals surface area contributed by atoms with Crippen LogP contribution in [0.2, 0.25) is 0 Å². The summed E-state index contributed by atoms with van der Waals surface area (Å²) in [5, 5.41) is 3.06. The first kappa shape index (κ1) is 9.11. The van der Waals surface area contributed by atoms with Crippen LogP contribution in [0.15, 0.2) is 5.16 Å². The van der Waals surface area contributed by atoms with Gasteiger partial charge in [-0.2, -0.15) is 13.2 Å². The minimum Gasteiger partial charge on any atom is -0.284 e. The van der Waals surface area contributed by atoms with E-state index in [1.165, 1.54) is 0 Å². The lowest BCUT2D eigenvalue weighted by molar-refractivity contribution is -0.283. The molecule has 2 heterocycles. The fraction of sp³-hybridized carbons (Fsp3) is 0. The van der Waals surface area contributed by atoms with Gasteiger partial charge in [-0.15, -0.1) is 0 Å². The number of nitrogens with zero attached hydrogens (tertiary/aromatic N) is 3. The summed E-state index contributed by atoms with van der Waals surface area (Å²) < 4.78 is 29.4. The molecule has 12 heteroatoms. The van der Waals surface area contributed by atoms with E-state index >= 15 is 0 Å². The maximum Gasteiger partial charge on any atom is 0.562 e. The van der Waals surface area contributed by atoms with E-state index < -0.39 is 22.5 Å². The second kappa shape index (κ2) is 2.76. The average Bonchev–Trinajstić information content (AvgIpc) is 2.00. The highest BCUT2D eigenvalue weighted by molar-refractivity contribution is 7.81. The lowest BCUT2D eigenvalue weighted by atomic mass is 11.0. The fourth-order valence-electron chi connectivity index (χ4n) is 0.585. The van der Waals surface area contributed by atoms with Crippen molar-refractivity contribution in [1.29, 1.82) is 0 Å². The highest BCUT2D eigenvalue weighted by atomic mass is 35.5. The van der Waals surface area contributed by atoms with Crippen molar-refractivity contribution in [3.63, 3.8) is 0 Å². The molecule has 0 spiro atoms. The molecule has 0 aliphatic carbocycles. The number of hydrogen-bond donors (Lipinski definition) is 0. The second-order valence-electron chi connectivity index (χ2n) is 1.88. The summed E-state index contributed by atoms with van der Waals surface area (Å²) in [4.78, 5) is 18.8. The Bertz CT molecular complexity index is 403. The smallest absolute Gasteiger partial charge is 0.284 e. The van der Waals surface area contributed by atoms with Crippen LogP contribution >= 0.6 is 11.8 Å². The van der Waals surface area contributed by atoms with E-state index in [1.54, 1.807) is 0 Å². The van der Waals surface area contributed by atoms with Gasteiger partial charge in [-0.3, -0.25) is 9.68 Å². The molecule has 0 radical (unpaired) electrons. The number of carbonyl (C=O) groups excluding carboxylic acids is 1. The molecule has 78 valence electrons. The van der Waals surface area contributed by atoms with Crippen molar-refractivity contribution in [3.05, 3.63) is 0 Å². The number of hydroxylamine groups is 3. The number of fused-ring (bicyclic) bond motifs is 1. The summed E-state index contributed by atoms with van der Waals surface area (Å²) in [6.07, 6.45) is -1.30. The van der Waals surface area contributed by atoms with Crippen molar-refractivity contribution in [2.45, 2.75) is 0 Å². The average molecular weight is 246 g/mol. The summed E-state index contributed by atoms with van der Waals surface area (Å²) in [7, 11) is -4.38. The van der Waals surface area contributed by atoms with Gasteiger partial charge in [-0.1, -0.05) is 8.87 Å². The normalized spacial score (nSPS) is 24.1. The Morgan fingerprint density at radius 1 is 1.36 bits per heavy atom. The van der Waals surface area contributed by atoms with Gasteiger partial charge >= 0.3 is 22.5 Å². The zero-order chi connectivity index (χ0) is 10.3. The predicted molar refractivity (Wildman–Crippen MR) is 35.6 cm³/mol. The Balaban J connectivity index is 2.32. The van der Waals surface area contributed by atoms with Crippen molar-refractivity contribution in [2.75, 3.05) is 0 Å². The van der Waals surface area contributed by atoms with Crippen molar-refractivity contribution < 1.29 is 31.5 Å². The number of hydrogen-bond acceptors (Lipinski definition) is 10. The summed E-state index contributed by atoms with van der Waals surface area (Å²) in [6, 6.07) is 0. The van der Waals surface area contributed by atoms with Gasteiger partial charge in [-0.25, -0.2) is 4.28 Å². The topological polar surface area (TPSA) is 107 Å². The van der Waals surface area contributed by atoms with Crippen LogP contribution < -0.4 is 0 Å². The molecule has 1 saturated heterocycles. The molecule has 0 aromatic rings. The molecule has 0 saturated carbocycles. The summed E-state index contributed by atoms with van der Waals surface area (Å²) >= 11 is 5.26. The number of oxime groups is 1. The van der Waals surface area contributed by atoms with Crippen LogP contribution in [0.1, 0.15) is 0 Å². The first-order chi connectivity index (χ1) is 6.48. The Morgan fingerprint density at radius 2 is 2.07 bits per heavy atom. The third-order valence-corrected chi connectivity index (χ3v) is 1.80. The van der Waals surface area contributed by atoms with Crippen molar-refractivity contribution in [3.8, 4) is 0 Å². The first-order valence-corrected chi connectivity index (χ1v) is 4.52. The van der Waals surface area contributed by atoms with Crippen LogP contribution in [-0.4, -0.2) is 30.3 Å². The maximum atomic E-state index is 10.6. The Hall–Kier alpha value is -1.46. The summed E-state index contributed by atoms with van der Waals surface area (Å²) in [5.74, 6) is -0.513. The lowest BCUT2D eigenvalue weighted by Gasteiger charge is -2.29. The molecule has 2 aliphatic heterocycles. The van der Waals surface area contributed by atoms with Gasteiger partial charge in [0, 0.05) is 0 Å². The zero-order valence-corrected chi connectivity index (χ0v) is 7.56. The van der Waals surface area contributed by atoms with Crippen molar-refractivity contribution >= 4 is 34.3 Å². The molecule has 0 bridgehead atoms. The molecule has 0 N–H and O–H groups in total. The minimum absolute atomic E-state index is 0.123. The fourth-order valence-corrected chi connectivity index (χ4v) is 1.18. The molecule has 0 amide bonds. The third kappa shape index (κ3) is 1.47. The molecular weight excluding hydrogens is 246 g/mol. The SMILES string of the molecule is O=C1ON(Cl)C2=NOS(=O)(=O)ON2O1. The van der Waals surface area contributed by atoms with Crippen LogP contribution in [0, 0.1) is 0 Å². The monoisotopic (exact) mass is 245 g/mol. The maximum absolute atomic E-state index is 10.6. The van der Waals surface area contributed by atoms with Crippen LogP contribution in [0.25, 0.3) is 0 Å². The molecular formula is C2ClN3O7S. The summed E-state index contributed by atoms with van der Waals surface area (Å²) in [5.41, 5.74) is 0. The highest BCUT2D eigenvalue weighted by Gasteiger charge is 2.42. The third-order valence-electron chi connectivity index (χ3n) is 1.00. The van der Waals surface area contributed by atoms with E-state index in [0.717, 1.165) is 0 Å². The molecule has 2 aliphatic rings. The highest BCUT2D eigenvalue weighted by Crippen LogP contribution is 2.20. The quantitative estimate of drug-likeness (QED) is 0.508. The van der Waals surface area contributed by atoms with E-state index in [1.807, 2.05) is 0 Å². The van der Waals surface area contributed by atoms with Gasteiger partial charge in [0.2, 0.25) is 0 Å². The minimum atomic E-state index is -4.38. The molecule has 0 aromatic carbocycles. The van der Waals surface area contributed by atoms with Crippen LogP contribution in [-0.2, 0) is 28.6 Å². The molecule has 14 heavy (non-hydrogen) atoms. The van der Waals surface area contributed by atoms with Crippen molar-refractivity contribution in [1.82, 2.24) is 9.81 Å². The van der Waals surface area contributed by atoms with Crippen LogP contribution in [0.3, 0.4) is 0 Å². The largest absolute Gasteiger partial charge is 0.562 e. The summed E-state index contributed by atoms with van der Waals surface area (Å²) in [6.45, 7) is 0. The lowest BCUT2D eigenvalue weighted by Crippen LogP contribution is -2.50. The molecule has 0 unspecified atom stereocenters. The van der Waals surface area contributed by atoms with E-state index in [9.17, 15) is 13.2 Å². The van der Waals surface area contributed by atoms with Crippen LogP contribution in [0.4, 0.5) is 4.79 Å². The van der Waals surface area contributed by atoms with Gasteiger partial charge in [0.1, 0.15) is 0 Å².